The molecule has 0 fully saturated rings. The fourth-order valence-corrected chi connectivity index (χ4v) is 1.59. The number of ketones is 1. The summed E-state index contributed by atoms with van der Waals surface area (Å²) < 4.78 is 0. The van der Waals surface area contributed by atoms with Crippen molar-refractivity contribution in [1.29, 1.82) is 0 Å². The van der Waals surface area contributed by atoms with Crippen LogP contribution in [0.2, 0.25) is 0 Å². The van der Waals surface area contributed by atoms with Crippen molar-refractivity contribution >= 4 is 5.78 Å². The molecule has 15 heavy (non-hydrogen) atoms. The Bertz CT molecular complexity index is 311. The number of benzene rings is 1. The van der Waals surface area contributed by atoms with Crippen molar-refractivity contribution < 1.29 is 4.79 Å². The number of hydrogen-bond acceptors (Lipinski definition) is 1. The van der Waals surface area contributed by atoms with Crippen molar-refractivity contribution in [3.63, 3.8) is 0 Å². The van der Waals surface area contributed by atoms with Crippen molar-refractivity contribution in [2.45, 2.75) is 40.0 Å². The molecule has 0 amide bonds. The van der Waals surface area contributed by atoms with Crippen LogP contribution in [-0.2, 0) is 6.42 Å². The third-order valence-electron chi connectivity index (χ3n) is 2.84. The Labute approximate surface area is 92.5 Å². The molecule has 1 aromatic rings. The van der Waals surface area contributed by atoms with E-state index in [1.54, 1.807) is 0 Å². The molecule has 0 heterocycles. The highest BCUT2D eigenvalue weighted by Crippen LogP contribution is 2.13. The quantitative estimate of drug-likeness (QED) is 0.665. The number of carbonyl (C=O) groups excluding carboxylic acids is 1. The molecular formula is C14H20O. The molecule has 1 aromatic carbocycles. The maximum absolute atomic E-state index is 11.8. The van der Waals surface area contributed by atoms with Gasteiger partial charge in [0.2, 0.25) is 0 Å². The maximum atomic E-state index is 11.8. The van der Waals surface area contributed by atoms with E-state index in [2.05, 4.69) is 19.1 Å². The van der Waals surface area contributed by atoms with Gasteiger partial charge in [-0.25, -0.2) is 0 Å². The molecule has 1 atom stereocenters. The van der Waals surface area contributed by atoms with Crippen molar-refractivity contribution in [2.24, 2.45) is 5.92 Å². The zero-order valence-electron chi connectivity index (χ0n) is 9.92. The molecule has 0 aromatic heterocycles. The summed E-state index contributed by atoms with van der Waals surface area (Å²) in [4.78, 5) is 11.8. The fraction of sp³-hybridized carbons (Fsp3) is 0.500. The molecule has 0 aliphatic carbocycles. The average molecular weight is 204 g/mol. The smallest absolute Gasteiger partial charge is 0.165 e. The Kier molecular flexibility index (Phi) is 4.54. The summed E-state index contributed by atoms with van der Waals surface area (Å²) in [7, 11) is 0. The summed E-state index contributed by atoms with van der Waals surface area (Å²) in [5.41, 5.74) is 2.17. The van der Waals surface area contributed by atoms with E-state index in [1.807, 2.05) is 26.0 Å². The summed E-state index contributed by atoms with van der Waals surface area (Å²) in [6.45, 7) is 6.20. The van der Waals surface area contributed by atoms with Gasteiger partial charge in [0.1, 0.15) is 0 Å². The van der Waals surface area contributed by atoms with Crippen molar-refractivity contribution in [2.75, 3.05) is 0 Å². The number of rotatable bonds is 5. The van der Waals surface area contributed by atoms with Crippen LogP contribution >= 0.6 is 0 Å². The lowest BCUT2D eigenvalue weighted by atomic mass is 9.96. The maximum Gasteiger partial charge on any atom is 0.165 e. The molecule has 0 radical (unpaired) electrons. The molecule has 1 heteroatoms. The minimum Gasteiger partial charge on any atom is -0.294 e. The van der Waals surface area contributed by atoms with E-state index < -0.39 is 0 Å². The number of Topliss-reactive ketones (excluding diaryl/α,β-unsaturated/α-hetero) is 1. The summed E-state index contributed by atoms with van der Waals surface area (Å²) in [6.07, 6.45) is 3.16. The van der Waals surface area contributed by atoms with E-state index in [4.69, 9.17) is 0 Å². The Morgan fingerprint density at radius 2 is 1.80 bits per heavy atom. The Hall–Kier alpha value is -1.11. The van der Waals surface area contributed by atoms with Gasteiger partial charge in [-0.1, -0.05) is 51.5 Å². The highest BCUT2D eigenvalue weighted by atomic mass is 16.1. The third kappa shape index (κ3) is 3.19. The van der Waals surface area contributed by atoms with E-state index in [0.29, 0.717) is 0 Å². The Balaban J connectivity index is 2.75. The first kappa shape index (κ1) is 12.0. The normalized spacial score (nSPS) is 12.5. The van der Waals surface area contributed by atoms with Gasteiger partial charge in [-0.05, 0) is 18.4 Å². The summed E-state index contributed by atoms with van der Waals surface area (Å²) in [5, 5.41) is 0. The Morgan fingerprint density at radius 1 is 1.20 bits per heavy atom. The minimum absolute atomic E-state index is 0.141. The van der Waals surface area contributed by atoms with Crippen LogP contribution in [-0.4, -0.2) is 5.78 Å². The van der Waals surface area contributed by atoms with E-state index in [0.717, 1.165) is 24.8 Å². The fourth-order valence-electron chi connectivity index (χ4n) is 1.59. The molecule has 0 bridgehead atoms. The van der Waals surface area contributed by atoms with Gasteiger partial charge in [-0.2, -0.15) is 0 Å². The van der Waals surface area contributed by atoms with Crippen LogP contribution in [0.25, 0.3) is 0 Å². The van der Waals surface area contributed by atoms with Crippen LogP contribution in [0.5, 0.6) is 0 Å². The van der Waals surface area contributed by atoms with Crippen molar-refractivity contribution in [1.82, 2.24) is 0 Å². The molecule has 0 aliphatic heterocycles. The van der Waals surface area contributed by atoms with E-state index in [-0.39, 0.29) is 11.7 Å². The number of hydrogen-bond donors (Lipinski definition) is 0. The van der Waals surface area contributed by atoms with E-state index in [1.165, 1.54) is 5.56 Å². The standard InChI is InChI=1S/C14H20O/c1-4-6-12-7-9-13(10-8-12)14(15)11(3)5-2/h7-11H,4-6H2,1-3H3. The second-order valence-electron chi connectivity index (χ2n) is 4.12. The van der Waals surface area contributed by atoms with Crippen LogP contribution < -0.4 is 0 Å². The predicted octanol–water partition coefficient (Wildman–Crippen LogP) is 3.87. The monoisotopic (exact) mass is 204 g/mol. The lowest BCUT2D eigenvalue weighted by Gasteiger charge is -2.07. The summed E-state index contributed by atoms with van der Waals surface area (Å²) in [6, 6.07) is 8.05. The first-order chi connectivity index (χ1) is 7.19. The van der Waals surface area contributed by atoms with Gasteiger partial charge >= 0.3 is 0 Å². The SMILES string of the molecule is CCCc1ccc(C(=O)C(C)CC)cc1. The van der Waals surface area contributed by atoms with Gasteiger partial charge in [0.15, 0.2) is 5.78 Å². The molecule has 0 aliphatic rings. The first-order valence-corrected chi connectivity index (χ1v) is 5.82. The van der Waals surface area contributed by atoms with Gasteiger partial charge in [-0.3, -0.25) is 4.79 Å². The zero-order chi connectivity index (χ0) is 11.3. The second-order valence-corrected chi connectivity index (χ2v) is 4.12. The van der Waals surface area contributed by atoms with Crippen LogP contribution in [0.3, 0.4) is 0 Å². The van der Waals surface area contributed by atoms with Gasteiger partial charge in [0, 0.05) is 11.5 Å². The lowest BCUT2D eigenvalue weighted by Crippen LogP contribution is -2.09. The number of aryl methyl sites for hydroxylation is 1. The minimum atomic E-state index is 0.141. The summed E-state index contributed by atoms with van der Waals surface area (Å²) >= 11 is 0. The van der Waals surface area contributed by atoms with Gasteiger partial charge in [0.25, 0.3) is 0 Å². The molecule has 0 saturated carbocycles. The molecule has 0 saturated heterocycles. The highest BCUT2D eigenvalue weighted by molar-refractivity contribution is 5.97. The molecule has 0 N–H and O–H groups in total. The van der Waals surface area contributed by atoms with Gasteiger partial charge in [-0.15, -0.1) is 0 Å². The molecule has 1 rings (SSSR count). The first-order valence-electron chi connectivity index (χ1n) is 5.82. The molecule has 1 nitrogen and oxygen atoms in total. The average Bonchev–Trinajstić information content (AvgIpc) is 2.28. The second kappa shape index (κ2) is 5.69. The molecular weight excluding hydrogens is 184 g/mol. The van der Waals surface area contributed by atoms with Crippen LogP contribution in [0.4, 0.5) is 0 Å². The summed E-state index contributed by atoms with van der Waals surface area (Å²) in [5.74, 6) is 0.405. The van der Waals surface area contributed by atoms with E-state index in [9.17, 15) is 4.79 Å². The molecule has 82 valence electrons. The highest BCUT2D eigenvalue weighted by Gasteiger charge is 2.12. The van der Waals surface area contributed by atoms with Crippen LogP contribution in [0, 0.1) is 5.92 Å². The Morgan fingerprint density at radius 3 is 2.27 bits per heavy atom. The molecule has 0 spiro atoms. The van der Waals surface area contributed by atoms with Crippen molar-refractivity contribution in [3.05, 3.63) is 35.4 Å². The topological polar surface area (TPSA) is 17.1 Å². The largest absolute Gasteiger partial charge is 0.294 e. The van der Waals surface area contributed by atoms with Crippen LogP contribution in [0.15, 0.2) is 24.3 Å². The number of carbonyl (C=O) groups is 1. The predicted molar refractivity (Wildman–Crippen MR) is 64.2 cm³/mol. The van der Waals surface area contributed by atoms with Crippen molar-refractivity contribution in [3.8, 4) is 0 Å². The third-order valence-corrected chi connectivity index (χ3v) is 2.84. The van der Waals surface area contributed by atoms with Crippen LogP contribution in [0.1, 0.15) is 49.5 Å². The van der Waals surface area contributed by atoms with E-state index >= 15 is 0 Å². The van der Waals surface area contributed by atoms with Gasteiger partial charge < -0.3 is 0 Å². The zero-order valence-corrected chi connectivity index (χ0v) is 9.92. The van der Waals surface area contributed by atoms with Gasteiger partial charge in [0.05, 0.1) is 0 Å². The molecule has 1 unspecified atom stereocenters. The lowest BCUT2D eigenvalue weighted by molar-refractivity contribution is 0.0927.